The molecule has 3 aromatic carbocycles. The summed E-state index contributed by atoms with van der Waals surface area (Å²) in [4.78, 5) is 23.4. The number of alkyl halides is 3. The molecule has 1 fully saturated rings. The third kappa shape index (κ3) is 5.85. The van der Waals surface area contributed by atoms with Crippen LogP contribution in [0.15, 0.2) is 58.8 Å². The predicted octanol–water partition coefficient (Wildman–Crippen LogP) is 7.79. The normalized spacial score (nSPS) is 19.5. The summed E-state index contributed by atoms with van der Waals surface area (Å²) >= 11 is 11.6. The number of hydrogen-bond acceptors (Lipinski definition) is 5. The first kappa shape index (κ1) is 29.1. The molecule has 1 heterocycles. The SMILES string of the molecule is O=C(NCC=NOCC1CCCC1)c1ccc(C2=NOC(c3cc(Cl)c(F)c(Cl)c3)(C(F)(F)F)C2)c2ccccc12. The summed E-state index contributed by atoms with van der Waals surface area (Å²) in [5, 5.41) is 10.3. The molecule has 1 aliphatic heterocycles. The fourth-order valence-corrected chi connectivity index (χ4v) is 5.72. The molecular weight excluding hydrogens is 585 g/mol. The topological polar surface area (TPSA) is 72.3 Å². The molecular formula is C29H25Cl2F4N3O3. The molecule has 1 atom stereocenters. The van der Waals surface area contributed by atoms with E-state index in [1.54, 1.807) is 24.3 Å². The van der Waals surface area contributed by atoms with Gasteiger partial charge in [0, 0.05) is 23.1 Å². The first-order valence-corrected chi connectivity index (χ1v) is 13.8. The number of nitrogens with zero attached hydrogens (tertiary/aromatic N) is 2. The molecule has 3 aromatic rings. The Hall–Kier alpha value is -3.37. The fraction of sp³-hybridized carbons (Fsp3) is 0.345. The molecule has 216 valence electrons. The van der Waals surface area contributed by atoms with Crippen LogP contribution in [0.1, 0.15) is 53.6 Å². The summed E-state index contributed by atoms with van der Waals surface area (Å²) in [6.45, 7) is 0.692. The van der Waals surface area contributed by atoms with E-state index < -0.39 is 39.6 Å². The second-order valence-corrected chi connectivity index (χ2v) is 10.8. The zero-order valence-corrected chi connectivity index (χ0v) is 23.1. The van der Waals surface area contributed by atoms with Gasteiger partial charge in [0.15, 0.2) is 5.82 Å². The van der Waals surface area contributed by atoms with Crippen LogP contribution in [-0.2, 0) is 15.3 Å². The van der Waals surface area contributed by atoms with Crippen molar-refractivity contribution in [2.45, 2.75) is 43.9 Å². The van der Waals surface area contributed by atoms with E-state index in [4.69, 9.17) is 32.9 Å². The Kier molecular flexibility index (Phi) is 8.42. The summed E-state index contributed by atoms with van der Waals surface area (Å²) < 4.78 is 57.4. The molecule has 1 N–H and O–H groups in total. The minimum absolute atomic E-state index is 0.00593. The maximum absolute atomic E-state index is 14.5. The van der Waals surface area contributed by atoms with Crippen molar-refractivity contribution in [2.24, 2.45) is 16.2 Å². The molecule has 0 radical (unpaired) electrons. The van der Waals surface area contributed by atoms with Gasteiger partial charge in [-0.15, -0.1) is 0 Å². The summed E-state index contributed by atoms with van der Waals surface area (Å²) in [5.41, 5.74) is -2.74. The van der Waals surface area contributed by atoms with Gasteiger partial charge in [0.05, 0.1) is 28.5 Å². The quantitative estimate of drug-likeness (QED) is 0.123. The first-order valence-electron chi connectivity index (χ1n) is 13.0. The third-order valence-corrected chi connectivity index (χ3v) is 7.95. The van der Waals surface area contributed by atoms with Crippen LogP contribution in [-0.4, -0.2) is 37.2 Å². The molecule has 0 bridgehead atoms. The molecule has 41 heavy (non-hydrogen) atoms. The van der Waals surface area contributed by atoms with E-state index in [0.29, 0.717) is 34.4 Å². The summed E-state index contributed by atoms with van der Waals surface area (Å²) in [6, 6.07) is 11.5. The van der Waals surface area contributed by atoms with Crippen molar-refractivity contribution in [3.05, 3.63) is 81.1 Å². The number of rotatable bonds is 8. The van der Waals surface area contributed by atoms with Crippen LogP contribution in [0, 0.1) is 11.7 Å². The Morgan fingerprint density at radius 3 is 2.49 bits per heavy atom. The van der Waals surface area contributed by atoms with Crippen molar-refractivity contribution in [3.63, 3.8) is 0 Å². The zero-order chi connectivity index (χ0) is 29.2. The molecule has 6 nitrogen and oxygen atoms in total. The number of fused-ring (bicyclic) bond motifs is 1. The van der Waals surface area contributed by atoms with Crippen LogP contribution >= 0.6 is 23.2 Å². The van der Waals surface area contributed by atoms with Gasteiger partial charge in [0.2, 0.25) is 0 Å². The van der Waals surface area contributed by atoms with Gasteiger partial charge < -0.3 is 15.0 Å². The second kappa shape index (κ2) is 11.9. The largest absolute Gasteiger partial charge is 0.435 e. The molecule has 12 heteroatoms. The van der Waals surface area contributed by atoms with E-state index in [0.717, 1.165) is 25.0 Å². The number of carbonyl (C=O) groups excluding carboxylic acids is 1. The van der Waals surface area contributed by atoms with E-state index in [-0.39, 0.29) is 18.2 Å². The summed E-state index contributed by atoms with van der Waals surface area (Å²) in [7, 11) is 0. The van der Waals surface area contributed by atoms with E-state index in [1.807, 2.05) is 0 Å². The fourth-order valence-electron chi connectivity index (χ4n) is 5.23. The van der Waals surface area contributed by atoms with Gasteiger partial charge in [-0.3, -0.25) is 4.79 Å². The number of halogens is 6. The summed E-state index contributed by atoms with van der Waals surface area (Å²) in [6.07, 6.45) is 0.505. The van der Waals surface area contributed by atoms with E-state index >= 15 is 0 Å². The van der Waals surface area contributed by atoms with Gasteiger partial charge >= 0.3 is 6.18 Å². The highest BCUT2D eigenvalue weighted by Crippen LogP contribution is 2.50. The monoisotopic (exact) mass is 609 g/mol. The van der Waals surface area contributed by atoms with Crippen molar-refractivity contribution in [1.82, 2.24) is 5.32 Å². The van der Waals surface area contributed by atoms with Crippen molar-refractivity contribution in [3.8, 4) is 0 Å². The van der Waals surface area contributed by atoms with E-state index in [2.05, 4.69) is 15.6 Å². The van der Waals surface area contributed by atoms with Gasteiger partial charge in [-0.05, 0) is 47.7 Å². The van der Waals surface area contributed by atoms with Crippen LogP contribution in [0.3, 0.4) is 0 Å². The predicted molar refractivity (Wildman–Crippen MR) is 149 cm³/mol. The highest BCUT2D eigenvalue weighted by Gasteiger charge is 2.62. The van der Waals surface area contributed by atoms with Gasteiger partial charge in [-0.1, -0.05) is 76.7 Å². The number of amides is 1. The lowest BCUT2D eigenvalue weighted by molar-refractivity contribution is -0.275. The molecule has 1 saturated carbocycles. The molecule has 0 spiro atoms. The maximum atomic E-state index is 14.5. The molecule has 1 aliphatic carbocycles. The van der Waals surface area contributed by atoms with E-state index in [9.17, 15) is 22.4 Å². The van der Waals surface area contributed by atoms with Crippen LogP contribution in [0.2, 0.25) is 10.0 Å². The van der Waals surface area contributed by atoms with Crippen LogP contribution in [0.4, 0.5) is 17.6 Å². The first-order chi connectivity index (χ1) is 19.6. The minimum Gasteiger partial charge on any atom is -0.396 e. The van der Waals surface area contributed by atoms with Gasteiger partial charge in [-0.2, -0.15) is 13.2 Å². The number of hydrogen-bond donors (Lipinski definition) is 1. The van der Waals surface area contributed by atoms with Gasteiger partial charge in [0.25, 0.3) is 11.5 Å². The molecule has 0 aromatic heterocycles. The third-order valence-electron chi connectivity index (χ3n) is 7.40. The Morgan fingerprint density at radius 1 is 1.12 bits per heavy atom. The zero-order valence-electron chi connectivity index (χ0n) is 21.6. The average Bonchev–Trinajstić information content (AvgIpc) is 3.64. The van der Waals surface area contributed by atoms with Crippen molar-refractivity contribution >= 4 is 51.8 Å². The molecule has 1 unspecified atom stereocenters. The second-order valence-electron chi connectivity index (χ2n) is 10.0. The lowest BCUT2D eigenvalue weighted by atomic mass is 9.85. The van der Waals surface area contributed by atoms with Crippen molar-refractivity contribution in [2.75, 3.05) is 13.2 Å². The number of oxime groups is 2. The smallest absolute Gasteiger partial charge is 0.396 e. The lowest BCUT2D eigenvalue weighted by Gasteiger charge is -2.29. The summed E-state index contributed by atoms with van der Waals surface area (Å²) in [5.74, 6) is -0.898. The van der Waals surface area contributed by atoms with Crippen LogP contribution in [0.25, 0.3) is 10.8 Å². The standard InChI is InChI=1S/C29H25Cl2F4N3O3/c30-23-13-18(14-24(31)26(23)32)28(29(33,34)35)15-25(38-41-28)21-9-10-22(20-8-4-3-7-19(20)21)27(39)36-11-12-37-40-16-17-5-1-2-6-17/h3-4,7-10,12-14,17H,1-2,5-6,11,15-16H2,(H,36,39). The highest BCUT2D eigenvalue weighted by molar-refractivity contribution is 6.35. The van der Waals surface area contributed by atoms with Crippen LogP contribution in [0.5, 0.6) is 0 Å². The minimum atomic E-state index is -4.94. The van der Waals surface area contributed by atoms with Crippen molar-refractivity contribution < 1.29 is 32.0 Å². The van der Waals surface area contributed by atoms with Crippen LogP contribution < -0.4 is 5.32 Å². The molecule has 2 aliphatic rings. The van der Waals surface area contributed by atoms with Gasteiger partial charge in [0.1, 0.15) is 6.61 Å². The Labute approximate surface area is 243 Å². The Morgan fingerprint density at radius 2 is 1.80 bits per heavy atom. The number of carbonyl (C=O) groups is 1. The van der Waals surface area contributed by atoms with E-state index in [1.165, 1.54) is 31.2 Å². The molecule has 5 rings (SSSR count). The molecule has 0 saturated heterocycles. The number of benzene rings is 3. The highest BCUT2D eigenvalue weighted by atomic mass is 35.5. The lowest BCUT2D eigenvalue weighted by Crippen LogP contribution is -2.42. The Bertz CT molecular complexity index is 1500. The maximum Gasteiger partial charge on any atom is 0.435 e. The van der Waals surface area contributed by atoms with Crippen molar-refractivity contribution in [1.29, 1.82) is 0 Å². The Balaban J connectivity index is 1.36. The van der Waals surface area contributed by atoms with Gasteiger partial charge in [-0.25, -0.2) is 4.39 Å². The molecule has 1 amide bonds. The number of nitrogens with one attached hydrogen (secondary N) is 1. The average molecular weight is 610 g/mol.